The van der Waals surface area contributed by atoms with Gasteiger partial charge in [-0.3, -0.25) is 9.59 Å². The van der Waals surface area contributed by atoms with E-state index in [0.29, 0.717) is 27.3 Å². The van der Waals surface area contributed by atoms with Gasteiger partial charge in [0.05, 0.1) is 5.39 Å². The molecule has 146 valence electrons. The Kier molecular flexibility index (Phi) is 5.33. The summed E-state index contributed by atoms with van der Waals surface area (Å²) in [5.41, 5.74) is 2.76. The first-order valence-corrected chi connectivity index (χ1v) is 9.58. The van der Waals surface area contributed by atoms with E-state index in [4.69, 9.17) is 4.74 Å². The van der Waals surface area contributed by atoms with Crippen molar-refractivity contribution in [1.29, 1.82) is 0 Å². The Morgan fingerprint density at radius 3 is 2.46 bits per heavy atom. The van der Waals surface area contributed by atoms with Crippen LogP contribution in [-0.2, 0) is 9.53 Å². The number of hydrogen-bond acceptors (Lipinski definition) is 6. The third kappa shape index (κ3) is 3.68. The molecule has 0 saturated heterocycles. The van der Waals surface area contributed by atoms with Gasteiger partial charge in [0, 0.05) is 5.69 Å². The van der Waals surface area contributed by atoms with Crippen molar-refractivity contribution in [3.63, 3.8) is 0 Å². The first kappa shape index (κ1) is 19.8. The average molecular weight is 399 g/mol. The maximum absolute atomic E-state index is 12.6. The predicted molar refractivity (Wildman–Crippen MR) is 109 cm³/mol. The molecule has 2 aromatic heterocycles. The molecule has 28 heavy (non-hydrogen) atoms. The van der Waals surface area contributed by atoms with Crippen molar-refractivity contribution in [1.82, 2.24) is 9.97 Å². The van der Waals surface area contributed by atoms with Gasteiger partial charge in [-0.05, 0) is 51.3 Å². The summed E-state index contributed by atoms with van der Waals surface area (Å²) >= 11 is 1.09. The zero-order valence-electron chi connectivity index (χ0n) is 16.3. The number of hydrogen-bond donors (Lipinski definition) is 2. The van der Waals surface area contributed by atoms with Gasteiger partial charge in [-0.2, -0.15) is 0 Å². The van der Waals surface area contributed by atoms with E-state index >= 15 is 0 Å². The van der Waals surface area contributed by atoms with Crippen LogP contribution in [0.2, 0.25) is 0 Å². The van der Waals surface area contributed by atoms with Gasteiger partial charge in [-0.1, -0.05) is 18.2 Å². The number of anilines is 1. The van der Waals surface area contributed by atoms with Crippen LogP contribution in [0.1, 0.15) is 39.1 Å². The van der Waals surface area contributed by atoms with E-state index in [1.165, 1.54) is 6.92 Å². The van der Waals surface area contributed by atoms with E-state index in [0.717, 1.165) is 22.5 Å². The molecule has 3 aromatic rings. The molecule has 2 heterocycles. The molecule has 0 fully saturated rings. The van der Waals surface area contributed by atoms with Crippen LogP contribution in [0.3, 0.4) is 0 Å². The van der Waals surface area contributed by atoms with Crippen molar-refractivity contribution in [2.75, 3.05) is 5.32 Å². The van der Waals surface area contributed by atoms with Gasteiger partial charge in [0.25, 0.3) is 11.5 Å². The van der Waals surface area contributed by atoms with Gasteiger partial charge >= 0.3 is 5.97 Å². The topological polar surface area (TPSA) is 101 Å². The van der Waals surface area contributed by atoms with Crippen LogP contribution in [-0.4, -0.2) is 27.9 Å². The molecule has 0 saturated carbocycles. The Morgan fingerprint density at radius 2 is 1.82 bits per heavy atom. The van der Waals surface area contributed by atoms with Crippen molar-refractivity contribution >= 4 is 39.1 Å². The van der Waals surface area contributed by atoms with E-state index in [2.05, 4.69) is 15.3 Å². The molecule has 1 amide bonds. The van der Waals surface area contributed by atoms with Crippen molar-refractivity contribution in [3.8, 4) is 0 Å². The van der Waals surface area contributed by atoms with Crippen molar-refractivity contribution in [2.45, 2.75) is 40.7 Å². The molecule has 0 unspecified atom stereocenters. The molecule has 1 atom stereocenters. The SMILES string of the molecule is Cc1nc2sc(C(=O)O[C@H](C)C(=O)Nc3c(C)cccc3C)c(C)c2c(=O)[nH]1. The number of para-hydroxylation sites is 1. The lowest BCUT2D eigenvalue weighted by atomic mass is 10.1. The van der Waals surface area contributed by atoms with Crippen LogP contribution in [0.5, 0.6) is 0 Å². The molecule has 7 nitrogen and oxygen atoms in total. The third-order valence-corrected chi connectivity index (χ3v) is 5.65. The van der Waals surface area contributed by atoms with E-state index in [9.17, 15) is 14.4 Å². The molecule has 0 aliphatic carbocycles. The zero-order chi connectivity index (χ0) is 20.6. The zero-order valence-corrected chi connectivity index (χ0v) is 17.1. The smallest absolute Gasteiger partial charge is 0.349 e. The maximum atomic E-state index is 12.6. The Labute approximate surface area is 165 Å². The summed E-state index contributed by atoms with van der Waals surface area (Å²) in [5.74, 6) is -0.599. The van der Waals surface area contributed by atoms with E-state index in [1.807, 2.05) is 32.0 Å². The van der Waals surface area contributed by atoms with Crippen LogP contribution < -0.4 is 10.9 Å². The largest absolute Gasteiger partial charge is 0.448 e. The van der Waals surface area contributed by atoms with Gasteiger partial charge in [-0.25, -0.2) is 9.78 Å². The lowest BCUT2D eigenvalue weighted by Crippen LogP contribution is -2.30. The molecule has 0 spiro atoms. The highest BCUT2D eigenvalue weighted by Gasteiger charge is 2.24. The molecule has 2 N–H and O–H groups in total. The number of rotatable bonds is 4. The molecule has 3 rings (SSSR count). The normalized spacial score (nSPS) is 12.0. The first-order valence-electron chi connectivity index (χ1n) is 8.77. The molecule has 0 aliphatic heterocycles. The number of aromatic nitrogens is 2. The molecule has 0 radical (unpaired) electrons. The average Bonchev–Trinajstić information content (AvgIpc) is 2.94. The number of aryl methyl sites for hydroxylation is 4. The molecule has 1 aromatic carbocycles. The van der Waals surface area contributed by atoms with Crippen LogP contribution in [0.15, 0.2) is 23.0 Å². The second kappa shape index (κ2) is 7.55. The summed E-state index contributed by atoms with van der Waals surface area (Å²) < 4.78 is 5.35. The number of carbonyl (C=O) groups excluding carboxylic acids is 2. The van der Waals surface area contributed by atoms with Crippen LogP contribution in [0, 0.1) is 27.7 Å². The number of esters is 1. The standard InChI is InChI=1S/C20H21N3O4S/c1-9-7-6-8-10(2)15(9)23-17(24)12(4)27-20(26)16-11(3)14-18(25)21-13(5)22-19(14)28-16/h6-8,12H,1-5H3,(H,23,24)(H,21,22,25)/t12-/m1/s1. The summed E-state index contributed by atoms with van der Waals surface area (Å²) in [7, 11) is 0. The predicted octanol–water partition coefficient (Wildman–Crippen LogP) is 3.40. The summed E-state index contributed by atoms with van der Waals surface area (Å²) in [4.78, 5) is 44.9. The number of fused-ring (bicyclic) bond motifs is 1. The second-order valence-corrected chi connectivity index (χ2v) is 7.69. The lowest BCUT2D eigenvalue weighted by Gasteiger charge is -2.16. The number of amides is 1. The van der Waals surface area contributed by atoms with E-state index < -0.39 is 18.0 Å². The Hall–Kier alpha value is -3.00. The number of nitrogens with one attached hydrogen (secondary N) is 2. The van der Waals surface area contributed by atoms with Crippen LogP contribution >= 0.6 is 11.3 Å². The Bertz CT molecular complexity index is 1130. The molecule has 0 aliphatic rings. The Balaban J connectivity index is 1.80. The molecule has 8 heteroatoms. The van der Waals surface area contributed by atoms with Gasteiger partial charge in [0.15, 0.2) is 6.10 Å². The number of benzene rings is 1. The number of ether oxygens (including phenoxy) is 1. The number of aromatic amines is 1. The van der Waals surface area contributed by atoms with E-state index in [1.54, 1.807) is 13.8 Å². The summed E-state index contributed by atoms with van der Waals surface area (Å²) in [6.45, 7) is 8.65. The van der Waals surface area contributed by atoms with Crippen LogP contribution in [0.4, 0.5) is 5.69 Å². The Morgan fingerprint density at radius 1 is 1.18 bits per heavy atom. The minimum Gasteiger partial charge on any atom is -0.448 e. The molecular formula is C20H21N3O4S. The second-order valence-electron chi connectivity index (χ2n) is 6.69. The van der Waals surface area contributed by atoms with Gasteiger partial charge in [0.2, 0.25) is 0 Å². The highest BCUT2D eigenvalue weighted by atomic mass is 32.1. The first-order chi connectivity index (χ1) is 13.2. The molecule has 0 bridgehead atoms. The van der Waals surface area contributed by atoms with Gasteiger partial charge in [0.1, 0.15) is 15.5 Å². The monoisotopic (exact) mass is 399 g/mol. The summed E-state index contributed by atoms with van der Waals surface area (Å²) in [6.07, 6.45) is -0.996. The number of H-pyrrole nitrogens is 1. The van der Waals surface area contributed by atoms with Crippen molar-refractivity contribution in [2.24, 2.45) is 0 Å². The van der Waals surface area contributed by atoms with E-state index in [-0.39, 0.29) is 10.4 Å². The summed E-state index contributed by atoms with van der Waals surface area (Å²) in [5, 5.41) is 3.18. The highest BCUT2D eigenvalue weighted by molar-refractivity contribution is 7.20. The fourth-order valence-electron chi connectivity index (χ4n) is 2.95. The fourth-order valence-corrected chi connectivity index (χ4v) is 4.06. The number of carbonyl (C=O) groups is 2. The minimum atomic E-state index is -0.996. The maximum Gasteiger partial charge on any atom is 0.349 e. The van der Waals surface area contributed by atoms with Gasteiger partial charge < -0.3 is 15.0 Å². The minimum absolute atomic E-state index is 0.269. The van der Waals surface area contributed by atoms with Crippen molar-refractivity contribution in [3.05, 3.63) is 55.9 Å². The van der Waals surface area contributed by atoms with Gasteiger partial charge in [-0.15, -0.1) is 11.3 Å². The number of thiophene rings is 1. The quantitative estimate of drug-likeness (QED) is 0.655. The number of nitrogens with zero attached hydrogens (tertiary/aromatic N) is 1. The molecular weight excluding hydrogens is 378 g/mol. The lowest BCUT2D eigenvalue weighted by molar-refractivity contribution is -0.123. The highest BCUT2D eigenvalue weighted by Crippen LogP contribution is 2.28. The fraction of sp³-hybridized carbons (Fsp3) is 0.300. The van der Waals surface area contributed by atoms with Crippen molar-refractivity contribution < 1.29 is 14.3 Å². The van der Waals surface area contributed by atoms with Crippen LogP contribution in [0.25, 0.3) is 10.2 Å². The third-order valence-electron chi connectivity index (χ3n) is 4.49. The summed E-state index contributed by atoms with van der Waals surface area (Å²) in [6, 6.07) is 5.70.